The molecule has 0 spiro atoms. The Morgan fingerprint density at radius 3 is 2.18 bits per heavy atom. The highest BCUT2D eigenvalue weighted by Crippen LogP contribution is 2.32. The van der Waals surface area contributed by atoms with Gasteiger partial charge in [0, 0.05) is 26.2 Å². The Bertz CT molecular complexity index is 1740. The van der Waals surface area contributed by atoms with Gasteiger partial charge in [0.15, 0.2) is 0 Å². The molecule has 236 valence electrons. The number of alkyl halides is 3. The molecule has 2 aliphatic heterocycles. The second kappa shape index (κ2) is 12.5. The third-order valence-electron chi connectivity index (χ3n) is 7.82. The molecule has 1 fully saturated rings. The van der Waals surface area contributed by atoms with Gasteiger partial charge in [0.05, 0.1) is 16.0 Å². The van der Waals surface area contributed by atoms with E-state index in [9.17, 15) is 36.0 Å². The SMILES string of the molecule is CC(C)c1ccc(CNC(=O)[C@H]2CN(C3=C(c4ccccc4)C(=O)NC3=O)CCN2S(=O)(=O)c2ccc(C(F)(F)F)cc2)cc1. The van der Waals surface area contributed by atoms with Crippen LogP contribution >= 0.6 is 0 Å². The predicted molar refractivity (Wildman–Crippen MR) is 160 cm³/mol. The van der Waals surface area contributed by atoms with E-state index in [1.165, 1.54) is 4.90 Å². The molecule has 45 heavy (non-hydrogen) atoms. The van der Waals surface area contributed by atoms with Crippen LogP contribution < -0.4 is 10.6 Å². The van der Waals surface area contributed by atoms with E-state index < -0.39 is 50.4 Å². The van der Waals surface area contributed by atoms with E-state index in [0.717, 1.165) is 27.6 Å². The Balaban J connectivity index is 1.47. The van der Waals surface area contributed by atoms with Crippen LogP contribution in [0.5, 0.6) is 0 Å². The number of hydrogen-bond donors (Lipinski definition) is 2. The normalized spacial score (nSPS) is 18.0. The number of rotatable bonds is 8. The fourth-order valence-electron chi connectivity index (χ4n) is 5.37. The number of hydrogen-bond acceptors (Lipinski definition) is 6. The zero-order valence-corrected chi connectivity index (χ0v) is 25.3. The number of imide groups is 1. The molecule has 0 aliphatic carbocycles. The molecule has 13 heteroatoms. The minimum absolute atomic E-state index is 0.0138. The van der Waals surface area contributed by atoms with Crippen molar-refractivity contribution < 1.29 is 36.0 Å². The first-order chi connectivity index (χ1) is 21.3. The van der Waals surface area contributed by atoms with Crippen molar-refractivity contribution in [1.29, 1.82) is 0 Å². The van der Waals surface area contributed by atoms with Gasteiger partial charge in [0.1, 0.15) is 11.7 Å². The molecular weight excluding hydrogens is 609 g/mol. The van der Waals surface area contributed by atoms with Gasteiger partial charge in [-0.1, -0.05) is 68.4 Å². The third-order valence-corrected chi connectivity index (χ3v) is 9.74. The lowest BCUT2D eigenvalue weighted by atomic mass is 10.0. The number of sulfonamides is 1. The maximum absolute atomic E-state index is 13.8. The van der Waals surface area contributed by atoms with Crippen molar-refractivity contribution in [2.24, 2.45) is 0 Å². The maximum atomic E-state index is 13.8. The Kier molecular flexibility index (Phi) is 8.86. The van der Waals surface area contributed by atoms with E-state index in [0.29, 0.717) is 23.6 Å². The minimum Gasteiger partial charge on any atom is -0.363 e. The van der Waals surface area contributed by atoms with E-state index in [1.54, 1.807) is 30.3 Å². The van der Waals surface area contributed by atoms with Crippen molar-refractivity contribution in [2.45, 2.75) is 43.4 Å². The molecule has 2 N–H and O–H groups in total. The summed E-state index contributed by atoms with van der Waals surface area (Å²) in [4.78, 5) is 40.6. The van der Waals surface area contributed by atoms with Crippen molar-refractivity contribution in [3.05, 3.63) is 107 Å². The largest absolute Gasteiger partial charge is 0.416 e. The molecule has 1 atom stereocenters. The first kappa shape index (κ1) is 31.9. The fraction of sp³-hybridized carbons (Fsp3) is 0.281. The Morgan fingerprint density at radius 1 is 0.933 bits per heavy atom. The second-order valence-electron chi connectivity index (χ2n) is 11.1. The summed E-state index contributed by atoms with van der Waals surface area (Å²) in [5, 5.41) is 5.05. The molecule has 3 aromatic rings. The van der Waals surface area contributed by atoms with Gasteiger partial charge >= 0.3 is 6.18 Å². The van der Waals surface area contributed by atoms with Crippen LogP contribution in [-0.2, 0) is 37.1 Å². The first-order valence-corrected chi connectivity index (χ1v) is 15.7. The zero-order chi connectivity index (χ0) is 32.5. The van der Waals surface area contributed by atoms with Crippen LogP contribution in [0.3, 0.4) is 0 Å². The highest BCUT2D eigenvalue weighted by atomic mass is 32.2. The molecule has 0 radical (unpaired) electrons. The smallest absolute Gasteiger partial charge is 0.363 e. The average Bonchev–Trinajstić information content (AvgIpc) is 3.32. The summed E-state index contributed by atoms with van der Waals surface area (Å²) in [5.41, 5.74) is 1.45. The average molecular weight is 641 g/mol. The summed E-state index contributed by atoms with van der Waals surface area (Å²) < 4.78 is 67.9. The zero-order valence-electron chi connectivity index (χ0n) is 24.5. The Morgan fingerprint density at radius 2 is 1.58 bits per heavy atom. The van der Waals surface area contributed by atoms with E-state index >= 15 is 0 Å². The third kappa shape index (κ3) is 6.64. The Hall–Kier alpha value is -4.49. The van der Waals surface area contributed by atoms with E-state index in [4.69, 9.17) is 0 Å². The molecule has 2 heterocycles. The predicted octanol–water partition coefficient (Wildman–Crippen LogP) is 3.89. The molecule has 5 rings (SSSR count). The van der Waals surface area contributed by atoms with Gasteiger partial charge in [-0.3, -0.25) is 19.7 Å². The molecular formula is C32H31F3N4O5S. The van der Waals surface area contributed by atoms with Crippen LogP contribution in [0.15, 0.2) is 89.5 Å². The lowest BCUT2D eigenvalue weighted by Crippen LogP contribution is -2.60. The lowest BCUT2D eigenvalue weighted by Gasteiger charge is -2.40. The van der Waals surface area contributed by atoms with Crippen molar-refractivity contribution >= 4 is 33.3 Å². The van der Waals surface area contributed by atoms with Crippen molar-refractivity contribution in [2.75, 3.05) is 19.6 Å². The number of nitrogens with one attached hydrogen (secondary N) is 2. The summed E-state index contributed by atoms with van der Waals surface area (Å²) in [6.45, 7) is 3.55. The molecule has 3 aromatic carbocycles. The van der Waals surface area contributed by atoms with Gasteiger partial charge in [-0.05, 0) is 46.9 Å². The summed E-state index contributed by atoms with van der Waals surface area (Å²) in [7, 11) is -4.46. The second-order valence-corrected chi connectivity index (χ2v) is 13.0. The number of carbonyl (C=O) groups excluding carboxylic acids is 3. The summed E-state index contributed by atoms with van der Waals surface area (Å²) in [6.07, 6.45) is -4.66. The summed E-state index contributed by atoms with van der Waals surface area (Å²) in [5.74, 6) is -1.66. The highest BCUT2D eigenvalue weighted by molar-refractivity contribution is 7.89. The van der Waals surface area contributed by atoms with E-state index in [1.807, 2.05) is 38.1 Å². The number of piperazine rings is 1. The van der Waals surface area contributed by atoms with Crippen molar-refractivity contribution in [1.82, 2.24) is 19.8 Å². The number of nitrogens with zero attached hydrogens (tertiary/aromatic N) is 2. The lowest BCUT2D eigenvalue weighted by molar-refractivity contribution is -0.137. The molecule has 0 aromatic heterocycles. The van der Waals surface area contributed by atoms with Crippen LogP contribution in [0, 0.1) is 0 Å². The van der Waals surface area contributed by atoms with Gasteiger partial charge in [-0.25, -0.2) is 8.42 Å². The summed E-state index contributed by atoms with van der Waals surface area (Å²) in [6, 6.07) is 17.7. The van der Waals surface area contributed by atoms with Crippen LogP contribution in [0.4, 0.5) is 13.2 Å². The van der Waals surface area contributed by atoms with E-state index in [-0.39, 0.29) is 37.4 Å². The molecule has 0 unspecified atom stereocenters. The number of carbonyl (C=O) groups is 3. The van der Waals surface area contributed by atoms with Crippen molar-refractivity contribution in [3.8, 4) is 0 Å². The molecule has 9 nitrogen and oxygen atoms in total. The molecule has 0 bridgehead atoms. The Labute approximate surface area is 258 Å². The maximum Gasteiger partial charge on any atom is 0.416 e. The number of amides is 3. The van der Waals surface area contributed by atoms with E-state index in [2.05, 4.69) is 10.6 Å². The minimum atomic E-state index is -4.66. The van der Waals surface area contributed by atoms with Gasteiger partial charge in [0.25, 0.3) is 11.8 Å². The van der Waals surface area contributed by atoms with Crippen LogP contribution in [0.2, 0.25) is 0 Å². The van der Waals surface area contributed by atoms with Gasteiger partial charge in [-0.15, -0.1) is 0 Å². The monoisotopic (exact) mass is 640 g/mol. The number of benzene rings is 3. The van der Waals surface area contributed by atoms with Crippen LogP contribution in [0.25, 0.3) is 5.57 Å². The number of halogens is 3. The quantitative estimate of drug-likeness (QED) is 0.361. The van der Waals surface area contributed by atoms with Crippen LogP contribution in [0.1, 0.15) is 42.0 Å². The van der Waals surface area contributed by atoms with Gasteiger partial charge in [0.2, 0.25) is 15.9 Å². The fourth-order valence-corrected chi connectivity index (χ4v) is 6.94. The standard InChI is InChI=1S/C32H31F3N4O5S/c1-20(2)22-10-8-21(9-11-22)18-36-29(40)26-19-38(28-27(30(41)37-31(28)42)23-6-4-3-5-7-23)16-17-39(26)45(43,44)25-14-12-24(13-15-25)32(33,34)35/h3-15,20,26H,16-19H2,1-2H3,(H,36,40)(H,37,41,42)/t26-/m1/s1. The molecule has 3 amide bonds. The van der Waals surface area contributed by atoms with Gasteiger partial charge < -0.3 is 10.2 Å². The molecule has 1 saturated heterocycles. The topological polar surface area (TPSA) is 116 Å². The summed E-state index contributed by atoms with van der Waals surface area (Å²) >= 11 is 0. The highest BCUT2D eigenvalue weighted by Gasteiger charge is 2.44. The molecule has 0 saturated carbocycles. The van der Waals surface area contributed by atoms with Crippen LogP contribution in [-0.4, -0.2) is 61.0 Å². The molecule has 2 aliphatic rings. The first-order valence-electron chi connectivity index (χ1n) is 14.2. The van der Waals surface area contributed by atoms with Crippen molar-refractivity contribution in [3.63, 3.8) is 0 Å². The van der Waals surface area contributed by atoms with Gasteiger partial charge in [-0.2, -0.15) is 17.5 Å².